The van der Waals surface area contributed by atoms with Gasteiger partial charge in [0.2, 0.25) is 5.91 Å². The van der Waals surface area contributed by atoms with Gasteiger partial charge in [0.05, 0.1) is 27.1 Å². The normalized spacial score (nSPS) is 14.3. The van der Waals surface area contributed by atoms with E-state index in [0.29, 0.717) is 15.6 Å². The highest BCUT2D eigenvalue weighted by molar-refractivity contribution is 6.42. The number of fused-ring (bicyclic) bond motifs is 3. The smallest absolute Gasteiger partial charge is 0.254 e. The maximum atomic E-state index is 14.2. The lowest BCUT2D eigenvalue weighted by Gasteiger charge is -2.40. The summed E-state index contributed by atoms with van der Waals surface area (Å²) in [5.74, 6) is -0.512. The molecule has 5 rings (SSSR count). The van der Waals surface area contributed by atoms with E-state index >= 15 is 0 Å². The van der Waals surface area contributed by atoms with Crippen LogP contribution >= 0.6 is 34.8 Å². The zero-order chi connectivity index (χ0) is 26.3. The second-order valence-electron chi connectivity index (χ2n) is 9.17. The lowest BCUT2D eigenvalue weighted by atomic mass is 9.97. The van der Waals surface area contributed by atoms with Gasteiger partial charge in [0.1, 0.15) is 12.6 Å². The second-order valence-corrected chi connectivity index (χ2v) is 10.4. The molecule has 2 amide bonds. The topological polar surface area (TPSA) is 45.6 Å². The summed E-state index contributed by atoms with van der Waals surface area (Å²) in [6.07, 6.45) is 1.99. The van der Waals surface area contributed by atoms with Crippen LogP contribution in [0.15, 0.2) is 85.1 Å². The van der Waals surface area contributed by atoms with Crippen molar-refractivity contribution in [3.63, 3.8) is 0 Å². The Morgan fingerprint density at radius 3 is 2.32 bits per heavy atom. The molecule has 0 saturated carbocycles. The second kappa shape index (κ2) is 10.3. The van der Waals surface area contributed by atoms with Gasteiger partial charge in [0, 0.05) is 22.8 Å². The van der Waals surface area contributed by atoms with E-state index in [2.05, 4.69) is 4.57 Å². The van der Waals surface area contributed by atoms with Crippen LogP contribution in [0, 0.1) is 0 Å². The van der Waals surface area contributed by atoms with Gasteiger partial charge < -0.3 is 9.47 Å². The van der Waals surface area contributed by atoms with Gasteiger partial charge in [-0.15, -0.1) is 0 Å². The van der Waals surface area contributed by atoms with Crippen molar-refractivity contribution in [1.82, 2.24) is 9.47 Å². The van der Waals surface area contributed by atoms with Gasteiger partial charge in [-0.05, 0) is 74.0 Å². The summed E-state index contributed by atoms with van der Waals surface area (Å²) in [5.41, 5.74) is 3.83. The molecule has 0 aliphatic carbocycles. The van der Waals surface area contributed by atoms with Gasteiger partial charge in [-0.3, -0.25) is 14.5 Å². The Hall–Kier alpha value is -3.25. The molecule has 1 aliphatic rings. The molecule has 3 aromatic carbocycles. The summed E-state index contributed by atoms with van der Waals surface area (Å²) in [6.45, 7) is 3.64. The number of aromatic nitrogens is 1. The molecule has 1 atom stereocenters. The number of carbonyl (C=O) groups is 2. The molecule has 2 heterocycles. The van der Waals surface area contributed by atoms with Crippen molar-refractivity contribution in [2.75, 3.05) is 11.4 Å². The summed E-state index contributed by atoms with van der Waals surface area (Å²) in [5, 5.41) is 1.23. The molecule has 37 heavy (non-hydrogen) atoms. The quantitative estimate of drug-likeness (QED) is 0.259. The number of halogens is 3. The molecule has 8 heteroatoms. The molecule has 188 valence electrons. The lowest BCUT2D eigenvalue weighted by molar-refractivity contribution is -0.120. The first-order valence-electron chi connectivity index (χ1n) is 11.9. The van der Waals surface area contributed by atoms with Crippen molar-refractivity contribution >= 4 is 52.3 Å². The molecule has 0 N–H and O–H groups in total. The average Bonchev–Trinajstić information content (AvgIpc) is 3.37. The van der Waals surface area contributed by atoms with E-state index in [1.165, 1.54) is 6.07 Å². The number of nitrogens with zero attached hydrogens (tertiary/aromatic N) is 3. The van der Waals surface area contributed by atoms with E-state index in [9.17, 15) is 9.59 Å². The van der Waals surface area contributed by atoms with E-state index in [1.54, 1.807) is 21.9 Å². The lowest BCUT2D eigenvalue weighted by Crippen LogP contribution is -2.48. The fourth-order valence-electron chi connectivity index (χ4n) is 4.76. The molecule has 1 aromatic heterocycles. The Labute approximate surface area is 230 Å². The molecule has 1 unspecified atom stereocenters. The van der Waals surface area contributed by atoms with Gasteiger partial charge in [-0.2, -0.15) is 0 Å². The van der Waals surface area contributed by atoms with Gasteiger partial charge in [0.15, 0.2) is 0 Å². The highest BCUT2D eigenvalue weighted by atomic mass is 35.5. The van der Waals surface area contributed by atoms with Crippen molar-refractivity contribution < 1.29 is 9.59 Å². The van der Waals surface area contributed by atoms with Gasteiger partial charge in [-0.1, -0.05) is 59.1 Å². The zero-order valence-electron chi connectivity index (χ0n) is 20.2. The van der Waals surface area contributed by atoms with Crippen LogP contribution < -0.4 is 4.90 Å². The maximum Gasteiger partial charge on any atom is 0.254 e. The van der Waals surface area contributed by atoms with Crippen LogP contribution in [0.4, 0.5) is 5.69 Å². The van der Waals surface area contributed by atoms with Crippen molar-refractivity contribution in [3.8, 4) is 5.69 Å². The fourth-order valence-corrected chi connectivity index (χ4v) is 5.26. The molecular formula is C29H24Cl3N3O2. The Bertz CT molecular complexity index is 1500. The fraction of sp³-hybridized carbons (Fsp3) is 0.172. The van der Waals surface area contributed by atoms with E-state index in [1.807, 2.05) is 80.7 Å². The minimum Gasteiger partial charge on any atom is -0.327 e. The Kier molecular flexibility index (Phi) is 7.04. The monoisotopic (exact) mass is 551 g/mol. The van der Waals surface area contributed by atoms with Crippen LogP contribution in [-0.4, -0.2) is 33.9 Å². The summed E-state index contributed by atoms with van der Waals surface area (Å²) >= 11 is 18.6. The number of hydrogen-bond donors (Lipinski definition) is 0. The first-order chi connectivity index (χ1) is 17.8. The minimum atomic E-state index is -0.426. The molecular weight excluding hydrogens is 529 g/mol. The molecule has 0 spiro atoms. The SMILES string of the molecule is CC(C)N(CC(=O)N1c2ccccc2-n2cccc2C1c1cccc(Cl)c1)C(=O)c1ccc(Cl)c(Cl)c1. The molecule has 0 fully saturated rings. The molecule has 0 saturated heterocycles. The van der Waals surface area contributed by atoms with E-state index in [4.69, 9.17) is 34.8 Å². The molecule has 5 nitrogen and oxygen atoms in total. The molecule has 0 radical (unpaired) electrons. The highest BCUT2D eigenvalue weighted by Gasteiger charge is 2.37. The molecule has 4 aromatic rings. The minimum absolute atomic E-state index is 0.122. The standard InChI is InChI=1S/C29H24Cl3N3O2/c1-18(2)34(29(37)20-12-13-22(31)23(32)16-20)17-27(36)35-25-10-4-3-9-24(25)33-14-6-11-26(33)28(35)19-7-5-8-21(30)15-19/h3-16,18,28H,17H2,1-2H3. The number of amides is 2. The van der Waals surface area contributed by atoms with Crippen LogP contribution in [0.2, 0.25) is 15.1 Å². The highest BCUT2D eigenvalue weighted by Crippen LogP contribution is 2.42. The molecule has 1 aliphatic heterocycles. The maximum absolute atomic E-state index is 14.2. The number of hydrogen-bond acceptors (Lipinski definition) is 2. The first kappa shape index (κ1) is 25.4. The molecule has 0 bridgehead atoms. The van der Waals surface area contributed by atoms with Gasteiger partial charge in [-0.25, -0.2) is 0 Å². The van der Waals surface area contributed by atoms with Crippen molar-refractivity contribution in [1.29, 1.82) is 0 Å². The van der Waals surface area contributed by atoms with Crippen LogP contribution in [0.1, 0.15) is 41.5 Å². The third kappa shape index (κ3) is 4.75. The Morgan fingerprint density at radius 2 is 1.62 bits per heavy atom. The largest absolute Gasteiger partial charge is 0.327 e. The van der Waals surface area contributed by atoms with Crippen LogP contribution in [-0.2, 0) is 4.79 Å². The number of para-hydroxylation sites is 2. The van der Waals surface area contributed by atoms with Crippen LogP contribution in [0.3, 0.4) is 0 Å². The van der Waals surface area contributed by atoms with Gasteiger partial charge in [0.25, 0.3) is 5.91 Å². The van der Waals surface area contributed by atoms with Gasteiger partial charge >= 0.3 is 0 Å². The van der Waals surface area contributed by atoms with Crippen molar-refractivity contribution in [3.05, 3.63) is 117 Å². The van der Waals surface area contributed by atoms with Crippen molar-refractivity contribution in [2.24, 2.45) is 0 Å². The summed E-state index contributed by atoms with van der Waals surface area (Å²) < 4.78 is 2.09. The van der Waals surface area contributed by atoms with Crippen LogP contribution in [0.25, 0.3) is 5.69 Å². The van der Waals surface area contributed by atoms with E-state index in [-0.39, 0.29) is 29.4 Å². The van der Waals surface area contributed by atoms with E-state index in [0.717, 1.165) is 22.6 Å². The Balaban J connectivity index is 1.57. The third-order valence-corrected chi connectivity index (χ3v) is 7.48. The zero-order valence-corrected chi connectivity index (χ0v) is 22.5. The van der Waals surface area contributed by atoms with E-state index < -0.39 is 6.04 Å². The third-order valence-electron chi connectivity index (χ3n) is 6.51. The number of benzene rings is 3. The first-order valence-corrected chi connectivity index (χ1v) is 13.0. The number of carbonyl (C=O) groups excluding carboxylic acids is 2. The predicted molar refractivity (Wildman–Crippen MR) is 149 cm³/mol. The predicted octanol–water partition coefficient (Wildman–Crippen LogP) is 7.42. The summed E-state index contributed by atoms with van der Waals surface area (Å²) in [4.78, 5) is 31.0. The van der Waals surface area contributed by atoms with Crippen molar-refractivity contribution in [2.45, 2.75) is 25.9 Å². The number of anilines is 1. The summed E-state index contributed by atoms with van der Waals surface area (Å²) in [6, 6.07) is 23.3. The summed E-state index contributed by atoms with van der Waals surface area (Å²) in [7, 11) is 0. The average molecular weight is 553 g/mol. The Morgan fingerprint density at radius 1 is 0.865 bits per heavy atom. The van der Waals surface area contributed by atoms with Crippen LogP contribution in [0.5, 0.6) is 0 Å². The number of rotatable bonds is 5.